The zero-order chi connectivity index (χ0) is 4.99. The van der Waals surface area contributed by atoms with Crippen molar-refractivity contribution in [2.24, 2.45) is 5.73 Å². The van der Waals surface area contributed by atoms with Crippen molar-refractivity contribution in [1.82, 2.24) is 0 Å². The number of primary amides is 1. The van der Waals surface area contributed by atoms with E-state index in [1.807, 2.05) is 0 Å². The second kappa shape index (κ2) is 16.1. The molecule has 0 rings (SSSR count). The molecular weight excluding hydrogens is 293 g/mol. The van der Waals surface area contributed by atoms with Gasteiger partial charge in [-0.15, -0.1) is 0 Å². The molecule has 0 atom stereocenters. The minimum Gasteiger partial charge on any atom is -0.450 e. The molecule has 3 nitrogen and oxygen atoms in total. The molecule has 0 aromatic heterocycles. The predicted octanol–water partition coefficient (Wildman–Crippen LogP) is -0.282. The van der Waals surface area contributed by atoms with Crippen molar-refractivity contribution in [2.45, 2.75) is 6.92 Å². The molecular formula is C3H7BFeNNdO2. The average molecular weight is 300 g/mol. The Bertz CT molecular complexity index is 65.8. The Labute approximate surface area is 100 Å². The zero-order valence-corrected chi connectivity index (χ0v) is 9.34. The molecule has 9 heavy (non-hydrogen) atoms. The number of carbonyl (C=O) groups is 1. The number of hydrogen-bond acceptors (Lipinski definition) is 2. The number of rotatable bonds is 1. The quantitative estimate of drug-likeness (QED) is 0.677. The van der Waals surface area contributed by atoms with Crippen LogP contribution in [0.5, 0.6) is 0 Å². The summed E-state index contributed by atoms with van der Waals surface area (Å²) >= 11 is 0. The van der Waals surface area contributed by atoms with Crippen molar-refractivity contribution in [3.8, 4) is 0 Å². The third-order valence-electron chi connectivity index (χ3n) is 0.287. The van der Waals surface area contributed by atoms with Crippen LogP contribution >= 0.6 is 0 Å². The van der Waals surface area contributed by atoms with Crippen LogP contribution in [0.15, 0.2) is 0 Å². The molecule has 0 aromatic carbocycles. The molecule has 0 heterocycles. The molecule has 0 aliphatic rings. The molecule has 0 aromatic rings. The Morgan fingerprint density at radius 3 is 2.00 bits per heavy atom. The predicted molar refractivity (Wildman–Crippen MR) is 27.0 cm³/mol. The van der Waals surface area contributed by atoms with Crippen LogP contribution in [0, 0.1) is 40.8 Å². The van der Waals surface area contributed by atoms with Gasteiger partial charge in [-0.2, -0.15) is 0 Å². The summed E-state index contributed by atoms with van der Waals surface area (Å²) in [6, 6.07) is 0. The van der Waals surface area contributed by atoms with Crippen molar-refractivity contribution >= 4 is 14.5 Å². The summed E-state index contributed by atoms with van der Waals surface area (Å²) in [6.07, 6.45) is -0.711. The summed E-state index contributed by atoms with van der Waals surface area (Å²) in [5, 5.41) is 0. The van der Waals surface area contributed by atoms with Crippen molar-refractivity contribution in [1.29, 1.82) is 0 Å². The molecule has 51 valence electrons. The molecule has 0 unspecified atom stereocenters. The summed E-state index contributed by atoms with van der Waals surface area (Å²) in [6.45, 7) is 2.06. The molecule has 0 fully saturated rings. The first-order chi connectivity index (χ1) is 2.77. The maximum atomic E-state index is 9.60. The van der Waals surface area contributed by atoms with E-state index in [0.29, 0.717) is 6.61 Å². The Morgan fingerprint density at radius 2 is 2.00 bits per heavy atom. The van der Waals surface area contributed by atoms with E-state index in [0.717, 1.165) is 0 Å². The number of amides is 1. The van der Waals surface area contributed by atoms with Gasteiger partial charge in [0.05, 0.1) is 6.61 Å². The number of carbonyl (C=O) groups excluding carboxylic acids is 1. The van der Waals surface area contributed by atoms with Gasteiger partial charge in [0.15, 0.2) is 0 Å². The van der Waals surface area contributed by atoms with E-state index in [2.05, 4.69) is 10.5 Å². The van der Waals surface area contributed by atoms with Crippen LogP contribution in [0.4, 0.5) is 4.79 Å². The smallest absolute Gasteiger partial charge is 0.404 e. The monoisotopic (exact) mass is 298 g/mol. The Hall–Kier alpha value is 1.21. The average Bonchev–Trinajstić information content (AvgIpc) is 1.35. The molecule has 0 spiro atoms. The van der Waals surface area contributed by atoms with Gasteiger partial charge in [-0.3, -0.25) is 0 Å². The minimum atomic E-state index is -0.711. The van der Waals surface area contributed by atoms with Gasteiger partial charge in [-0.25, -0.2) is 4.79 Å². The van der Waals surface area contributed by atoms with Crippen LogP contribution in [-0.4, -0.2) is 21.1 Å². The molecule has 0 bridgehead atoms. The fraction of sp³-hybridized carbons (Fsp3) is 0.667. The molecule has 0 aliphatic carbocycles. The maximum Gasteiger partial charge on any atom is 0.404 e. The Balaban J connectivity index is -0.0000000417. The van der Waals surface area contributed by atoms with E-state index >= 15 is 0 Å². The largest absolute Gasteiger partial charge is 0.450 e. The number of hydrogen-bond donors (Lipinski definition) is 1. The summed E-state index contributed by atoms with van der Waals surface area (Å²) in [7, 11) is 0. The van der Waals surface area contributed by atoms with E-state index < -0.39 is 6.09 Å². The van der Waals surface area contributed by atoms with E-state index in [4.69, 9.17) is 0 Å². The van der Waals surface area contributed by atoms with Gasteiger partial charge in [0.2, 0.25) is 0 Å². The summed E-state index contributed by atoms with van der Waals surface area (Å²) < 4.78 is 4.18. The van der Waals surface area contributed by atoms with Crippen LogP contribution in [0.3, 0.4) is 0 Å². The molecule has 0 saturated heterocycles. The normalized spacial score (nSPS) is 5.00. The van der Waals surface area contributed by atoms with Gasteiger partial charge in [0.1, 0.15) is 0 Å². The molecule has 3 radical (unpaired) electrons. The summed E-state index contributed by atoms with van der Waals surface area (Å²) in [4.78, 5) is 9.60. The minimum absolute atomic E-state index is 0. The standard InChI is InChI=1S/C3H7NO2.B.Fe.Nd/c1-2-6-3(4)5;;;/h2H2,1H3,(H2,4,5);;;. The van der Waals surface area contributed by atoms with Gasteiger partial charge in [0, 0.05) is 66.3 Å². The number of ether oxygens (including phenoxy) is 1. The van der Waals surface area contributed by atoms with Gasteiger partial charge in [0.25, 0.3) is 0 Å². The van der Waals surface area contributed by atoms with Gasteiger partial charge in [-0.1, -0.05) is 0 Å². The first kappa shape index (κ1) is 22.5. The van der Waals surface area contributed by atoms with E-state index in [-0.39, 0.29) is 66.3 Å². The van der Waals surface area contributed by atoms with Gasteiger partial charge < -0.3 is 10.5 Å². The summed E-state index contributed by atoms with van der Waals surface area (Å²) in [5.41, 5.74) is 4.54. The van der Waals surface area contributed by atoms with Crippen LogP contribution in [-0.2, 0) is 21.8 Å². The third kappa shape index (κ3) is 27.0. The van der Waals surface area contributed by atoms with Crippen molar-refractivity contribution in [3.63, 3.8) is 0 Å². The molecule has 0 aliphatic heterocycles. The molecule has 0 saturated carbocycles. The Kier molecular flexibility index (Phi) is 40.2. The number of nitrogens with two attached hydrogens (primary N) is 1. The topological polar surface area (TPSA) is 52.3 Å². The van der Waals surface area contributed by atoms with Crippen LogP contribution in [0.2, 0.25) is 0 Å². The van der Waals surface area contributed by atoms with Crippen LogP contribution < -0.4 is 5.73 Å². The van der Waals surface area contributed by atoms with Crippen LogP contribution in [0.1, 0.15) is 6.92 Å². The Morgan fingerprint density at radius 1 is 1.67 bits per heavy atom. The van der Waals surface area contributed by atoms with Crippen LogP contribution in [0.25, 0.3) is 0 Å². The third-order valence-corrected chi connectivity index (χ3v) is 0.287. The second-order valence-electron chi connectivity index (χ2n) is 0.752. The van der Waals surface area contributed by atoms with Crippen molar-refractivity contribution in [3.05, 3.63) is 0 Å². The molecule has 1 amide bonds. The van der Waals surface area contributed by atoms with Crippen molar-refractivity contribution < 1.29 is 67.4 Å². The maximum absolute atomic E-state index is 9.60. The fourth-order valence-corrected chi connectivity index (χ4v) is 0.142. The summed E-state index contributed by atoms with van der Waals surface area (Å²) in [5.74, 6) is 0. The molecule has 6 heteroatoms. The fourth-order valence-electron chi connectivity index (χ4n) is 0.142. The van der Waals surface area contributed by atoms with E-state index in [9.17, 15) is 4.79 Å². The van der Waals surface area contributed by atoms with E-state index in [1.54, 1.807) is 6.92 Å². The van der Waals surface area contributed by atoms with Crippen molar-refractivity contribution in [2.75, 3.05) is 6.61 Å². The van der Waals surface area contributed by atoms with Gasteiger partial charge >= 0.3 is 6.09 Å². The first-order valence-corrected chi connectivity index (χ1v) is 1.69. The van der Waals surface area contributed by atoms with E-state index in [1.165, 1.54) is 0 Å². The van der Waals surface area contributed by atoms with Gasteiger partial charge in [-0.05, 0) is 6.92 Å². The molecule has 2 N–H and O–H groups in total. The first-order valence-electron chi connectivity index (χ1n) is 1.69. The zero-order valence-electron chi connectivity index (χ0n) is 5.03. The second-order valence-corrected chi connectivity index (χ2v) is 0.752. The SMILES string of the molecule is CCOC(N)=O.[B].[Fe].[Nd].